The molecule has 7 heteroatoms. The largest absolute Gasteiger partial charge is 0.467 e. The number of benzene rings is 2. The van der Waals surface area contributed by atoms with Gasteiger partial charge in [-0.2, -0.15) is 4.98 Å². The Morgan fingerprint density at radius 2 is 1.83 bits per heavy atom. The molecule has 0 saturated carbocycles. The van der Waals surface area contributed by atoms with Crippen molar-refractivity contribution in [3.8, 4) is 17.3 Å². The van der Waals surface area contributed by atoms with E-state index < -0.39 is 0 Å². The van der Waals surface area contributed by atoms with Gasteiger partial charge in [-0.25, -0.2) is 14.4 Å². The fraction of sp³-hybridized carbons (Fsp3) is 0.0588. The minimum atomic E-state index is -0.318. The standard InChI is InChI=1S/C17H11FN4O2/c18-12-7-5-11(6-8-12)16-21-15(24-22-16)9-23-17-13-3-1-2-4-14(13)19-10-20-17/h1-8,10H,9H2. The minimum Gasteiger partial charge on any atom is -0.467 e. The van der Waals surface area contributed by atoms with E-state index in [0.717, 1.165) is 10.9 Å². The molecule has 0 aliphatic rings. The molecule has 6 nitrogen and oxygen atoms in total. The molecule has 24 heavy (non-hydrogen) atoms. The maximum atomic E-state index is 12.9. The highest BCUT2D eigenvalue weighted by Gasteiger charge is 2.11. The molecule has 0 spiro atoms. The molecule has 0 saturated heterocycles. The van der Waals surface area contributed by atoms with E-state index >= 15 is 0 Å². The molecule has 2 heterocycles. The normalized spacial score (nSPS) is 10.9. The second kappa shape index (κ2) is 6.04. The average molecular weight is 322 g/mol. The van der Waals surface area contributed by atoms with E-state index in [1.165, 1.54) is 18.5 Å². The molecule has 0 N–H and O–H groups in total. The van der Waals surface area contributed by atoms with Gasteiger partial charge < -0.3 is 9.26 Å². The van der Waals surface area contributed by atoms with Crippen LogP contribution in [0.25, 0.3) is 22.3 Å². The van der Waals surface area contributed by atoms with Gasteiger partial charge in [0.15, 0.2) is 6.61 Å². The third-order valence-corrected chi connectivity index (χ3v) is 3.41. The van der Waals surface area contributed by atoms with E-state index in [9.17, 15) is 4.39 Å². The summed E-state index contributed by atoms with van der Waals surface area (Å²) in [6.07, 6.45) is 1.44. The minimum absolute atomic E-state index is 0.0786. The molecule has 0 aliphatic carbocycles. The second-order valence-corrected chi connectivity index (χ2v) is 5.00. The van der Waals surface area contributed by atoms with E-state index in [2.05, 4.69) is 20.1 Å². The lowest BCUT2D eigenvalue weighted by Crippen LogP contribution is -1.99. The van der Waals surface area contributed by atoms with Gasteiger partial charge in [0.25, 0.3) is 5.89 Å². The van der Waals surface area contributed by atoms with Crippen LogP contribution in [0.3, 0.4) is 0 Å². The number of fused-ring (bicyclic) bond motifs is 1. The Labute approximate surface area is 135 Å². The van der Waals surface area contributed by atoms with Crippen LogP contribution in [0.4, 0.5) is 4.39 Å². The predicted octanol–water partition coefficient (Wildman–Crippen LogP) is 3.40. The lowest BCUT2D eigenvalue weighted by Gasteiger charge is -2.04. The van der Waals surface area contributed by atoms with Gasteiger partial charge in [-0.15, -0.1) is 0 Å². The van der Waals surface area contributed by atoms with E-state index in [1.807, 2.05) is 24.3 Å². The smallest absolute Gasteiger partial charge is 0.264 e. The van der Waals surface area contributed by atoms with Crippen molar-refractivity contribution in [1.29, 1.82) is 0 Å². The first-order valence-corrected chi connectivity index (χ1v) is 7.21. The third kappa shape index (κ3) is 2.79. The van der Waals surface area contributed by atoms with Gasteiger partial charge >= 0.3 is 0 Å². The first-order chi connectivity index (χ1) is 11.8. The molecular formula is C17H11FN4O2. The van der Waals surface area contributed by atoms with Gasteiger partial charge in [0, 0.05) is 5.56 Å². The summed E-state index contributed by atoms with van der Waals surface area (Å²) in [6, 6.07) is 13.4. The number of rotatable bonds is 4. The van der Waals surface area contributed by atoms with Crippen molar-refractivity contribution < 1.29 is 13.7 Å². The number of ether oxygens (including phenoxy) is 1. The van der Waals surface area contributed by atoms with E-state index in [1.54, 1.807) is 12.1 Å². The molecule has 0 unspecified atom stereocenters. The maximum Gasteiger partial charge on any atom is 0.264 e. The van der Waals surface area contributed by atoms with Crippen LogP contribution < -0.4 is 4.74 Å². The van der Waals surface area contributed by atoms with Crippen LogP contribution in [0.5, 0.6) is 5.88 Å². The van der Waals surface area contributed by atoms with Crippen molar-refractivity contribution in [3.63, 3.8) is 0 Å². The molecule has 2 aromatic carbocycles. The summed E-state index contributed by atoms with van der Waals surface area (Å²) in [5, 5.41) is 4.67. The first-order valence-electron chi connectivity index (χ1n) is 7.21. The summed E-state index contributed by atoms with van der Waals surface area (Å²) in [6.45, 7) is 0.0786. The summed E-state index contributed by atoms with van der Waals surface area (Å²) < 4.78 is 23.8. The molecule has 0 amide bonds. The summed E-state index contributed by atoms with van der Waals surface area (Å²) in [7, 11) is 0. The molecule has 0 atom stereocenters. The summed E-state index contributed by atoms with van der Waals surface area (Å²) in [5.41, 5.74) is 1.46. The maximum absolute atomic E-state index is 12.9. The van der Waals surface area contributed by atoms with Crippen molar-refractivity contribution >= 4 is 10.9 Å². The Morgan fingerprint density at radius 3 is 2.71 bits per heavy atom. The highest BCUT2D eigenvalue weighted by Crippen LogP contribution is 2.22. The second-order valence-electron chi connectivity index (χ2n) is 5.00. The Hall–Kier alpha value is -3.35. The van der Waals surface area contributed by atoms with Crippen molar-refractivity contribution in [2.24, 2.45) is 0 Å². The van der Waals surface area contributed by atoms with Gasteiger partial charge in [-0.1, -0.05) is 17.3 Å². The first kappa shape index (κ1) is 14.3. The monoisotopic (exact) mass is 322 g/mol. The molecule has 118 valence electrons. The van der Waals surface area contributed by atoms with Crippen LogP contribution in [0, 0.1) is 5.82 Å². The topological polar surface area (TPSA) is 73.9 Å². The van der Waals surface area contributed by atoms with Gasteiger partial charge in [0.1, 0.15) is 12.1 Å². The van der Waals surface area contributed by atoms with E-state index in [4.69, 9.17) is 9.26 Å². The molecule has 0 aliphatic heterocycles. The lowest BCUT2D eigenvalue weighted by molar-refractivity contribution is 0.238. The Balaban J connectivity index is 1.53. The zero-order valence-electron chi connectivity index (χ0n) is 12.4. The lowest BCUT2D eigenvalue weighted by atomic mass is 10.2. The predicted molar refractivity (Wildman–Crippen MR) is 83.6 cm³/mol. The zero-order valence-corrected chi connectivity index (χ0v) is 12.4. The molecule has 4 rings (SSSR count). The Morgan fingerprint density at radius 1 is 1.00 bits per heavy atom. The number of hydrogen-bond donors (Lipinski definition) is 0. The summed E-state index contributed by atoms with van der Waals surface area (Å²) in [5.74, 6) is 0.807. The molecule has 4 aromatic rings. The van der Waals surface area contributed by atoms with Crippen molar-refractivity contribution in [1.82, 2.24) is 20.1 Å². The fourth-order valence-electron chi connectivity index (χ4n) is 2.25. The Kier molecular flexibility index (Phi) is 3.59. The van der Waals surface area contributed by atoms with Crippen LogP contribution >= 0.6 is 0 Å². The van der Waals surface area contributed by atoms with Crippen LogP contribution in [-0.4, -0.2) is 20.1 Å². The number of aromatic nitrogens is 4. The fourth-order valence-corrected chi connectivity index (χ4v) is 2.25. The Bertz CT molecular complexity index is 980. The quantitative estimate of drug-likeness (QED) is 0.573. The van der Waals surface area contributed by atoms with Gasteiger partial charge in [-0.05, 0) is 36.4 Å². The van der Waals surface area contributed by atoms with E-state index in [0.29, 0.717) is 23.2 Å². The number of halogens is 1. The SMILES string of the molecule is Fc1ccc(-c2noc(COc3ncnc4ccccc34)n2)cc1. The number of para-hydroxylation sites is 1. The van der Waals surface area contributed by atoms with Gasteiger partial charge in [-0.3, -0.25) is 0 Å². The van der Waals surface area contributed by atoms with Crippen LogP contribution in [-0.2, 0) is 6.61 Å². The van der Waals surface area contributed by atoms with Crippen LogP contribution in [0.15, 0.2) is 59.4 Å². The van der Waals surface area contributed by atoms with Crippen molar-refractivity contribution in [3.05, 3.63) is 66.6 Å². The summed E-state index contributed by atoms with van der Waals surface area (Å²) >= 11 is 0. The third-order valence-electron chi connectivity index (χ3n) is 3.41. The average Bonchev–Trinajstić information content (AvgIpc) is 3.09. The molecule has 0 radical (unpaired) electrons. The van der Waals surface area contributed by atoms with E-state index in [-0.39, 0.29) is 12.4 Å². The van der Waals surface area contributed by atoms with Gasteiger partial charge in [0.05, 0.1) is 10.9 Å². The van der Waals surface area contributed by atoms with Crippen molar-refractivity contribution in [2.45, 2.75) is 6.61 Å². The summed E-state index contributed by atoms with van der Waals surface area (Å²) in [4.78, 5) is 12.5. The molecular weight excluding hydrogens is 311 g/mol. The van der Waals surface area contributed by atoms with Crippen LogP contribution in [0.1, 0.15) is 5.89 Å². The molecule has 2 aromatic heterocycles. The molecule has 0 bridgehead atoms. The molecule has 0 fully saturated rings. The highest BCUT2D eigenvalue weighted by atomic mass is 19.1. The highest BCUT2D eigenvalue weighted by molar-refractivity contribution is 5.82. The number of nitrogens with zero attached hydrogens (tertiary/aromatic N) is 4. The van der Waals surface area contributed by atoms with Crippen molar-refractivity contribution in [2.75, 3.05) is 0 Å². The number of hydrogen-bond acceptors (Lipinski definition) is 6. The van der Waals surface area contributed by atoms with Gasteiger partial charge in [0.2, 0.25) is 11.7 Å². The zero-order chi connectivity index (χ0) is 16.4. The van der Waals surface area contributed by atoms with Crippen LogP contribution in [0.2, 0.25) is 0 Å².